The van der Waals surface area contributed by atoms with Crippen LogP contribution in [0.1, 0.15) is 46.4 Å². The van der Waals surface area contributed by atoms with Crippen LogP contribution in [-0.4, -0.2) is 28.2 Å². The molecular formula is C18H23N3O3S. The molecule has 1 fully saturated rings. The van der Waals surface area contributed by atoms with Crippen molar-refractivity contribution in [3.8, 4) is 0 Å². The van der Waals surface area contributed by atoms with Crippen LogP contribution in [-0.2, 0) is 24.2 Å². The molecule has 1 saturated heterocycles. The van der Waals surface area contributed by atoms with Crippen LogP contribution in [0.2, 0.25) is 0 Å². The highest BCUT2D eigenvalue weighted by Gasteiger charge is 2.20. The van der Waals surface area contributed by atoms with E-state index in [-0.39, 0.29) is 23.1 Å². The Kier molecular flexibility index (Phi) is 5.65. The predicted molar refractivity (Wildman–Crippen MR) is 97.1 cm³/mol. The molecule has 1 atom stereocenters. The first kappa shape index (κ1) is 17.8. The second-order valence-electron chi connectivity index (χ2n) is 6.24. The summed E-state index contributed by atoms with van der Waals surface area (Å²) in [4.78, 5) is 29.7. The number of rotatable bonds is 6. The molecule has 25 heavy (non-hydrogen) atoms. The number of carbonyl (C=O) groups excluding carboxylic acids is 1. The third kappa shape index (κ3) is 4.16. The number of aryl methyl sites for hydroxylation is 2. The first-order chi connectivity index (χ1) is 12.1. The number of hydrogen-bond donors (Lipinski definition) is 1. The van der Waals surface area contributed by atoms with Crippen molar-refractivity contribution in [2.24, 2.45) is 0 Å². The summed E-state index contributed by atoms with van der Waals surface area (Å²) < 4.78 is 7.17. The van der Waals surface area contributed by atoms with Crippen molar-refractivity contribution >= 4 is 17.2 Å². The van der Waals surface area contributed by atoms with Gasteiger partial charge in [0.1, 0.15) is 10.6 Å². The molecule has 3 rings (SSSR count). The van der Waals surface area contributed by atoms with E-state index in [9.17, 15) is 9.59 Å². The van der Waals surface area contributed by atoms with Crippen LogP contribution in [0.3, 0.4) is 0 Å². The molecule has 0 radical (unpaired) electrons. The molecule has 134 valence electrons. The highest BCUT2D eigenvalue weighted by atomic mass is 32.1. The summed E-state index contributed by atoms with van der Waals surface area (Å²) in [5.41, 5.74) is 1.64. The van der Waals surface area contributed by atoms with E-state index in [1.807, 2.05) is 18.4 Å². The zero-order chi connectivity index (χ0) is 17.8. The van der Waals surface area contributed by atoms with Crippen molar-refractivity contribution in [3.05, 3.63) is 49.8 Å². The van der Waals surface area contributed by atoms with Gasteiger partial charge in [-0.05, 0) is 37.8 Å². The van der Waals surface area contributed by atoms with Gasteiger partial charge in [-0.2, -0.15) is 0 Å². The number of hydrogen-bond acceptors (Lipinski definition) is 5. The Morgan fingerprint density at radius 1 is 1.52 bits per heavy atom. The molecule has 1 N–H and O–H groups in total. The quantitative estimate of drug-likeness (QED) is 0.857. The van der Waals surface area contributed by atoms with Crippen LogP contribution in [0.25, 0.3) is 0 Å². The fourth-order valence-corrected chi connectivity index (χ4v) is 3.75. The lowest BCUT2D eigenvalue weighted by atomic mass is 10.1. The van der Waals surface area contributed by atoms with Crippen LogP contribution in [0, 0.1) is 6.92 Å². The Balaban J connectivity index is 1.73. The first-order valence-corrected chi connectivity index (χ1v) is 9.49. The average molecular weight is 361 g/mol. The van der Waals surface area contributed by atoms with Crippen LogP contribution in [0.15, 0.2) is 22.4 Å². The molecule has 1 aliphatic rings. The second-order valence-corrected chi connectivity index (χ2v) is 7.18. The SMILES string of the molecule is CCc1csc(CNC(=O)c2c(C)ccn(CC3CCCO3)c2=O)n1. The van der Waals surface area contributed by atoms with E-state index < -0.39 is 0 Å². The maximum absolute atomic E-state index is 12.7. The maximum atomic E-state index is 12.7. The van der Waals surface area contributed by atoms with Gasteiger partial charge in [-0.15, -0.1) is 11.3 Å². The van der Waals surface area contributed by atoms with Crippen molar-refractivity contribution in [1.29, 1.82) is 0 Å². The minimum Gasteiger partial charge on any atom is -0.376 e. The normalized spacial score (nSPS) is 17.0. The predicted octanol–water partition coefficient (Wildman–Crippen LogP) is 2.28. The molecule has 1 amide bonds. The summed E-state index contributed by atoms with van der Waals surface area (Å²) in [6.07, 6.45) is 4.64. The van der Waals surface area contributed by atoms with Crippen LogP contribution in [0.4, 0.5) is 0 Å². The van der Waals surface area contributed by atoms with E-state index in [1.165, 1.54) is 11.3 Å². The minimum absolute atomic E-state index is 0.0547. The number of nitrogens with zero attached hydrogens (tertiary/aromatic N) is 2. The van der Waals surface area contributed by atoms with Gasteiger partial charge in [0.05, 0.1) is 24.9 Å². The van der Waals surface area contributed by atoms with E-state index >= 15 is 0 Å². The van der Waals surface area contributed by atoms with Gasteiger partial charge in [0, 0.05) is 18.2 Å². The monoisotopic (exact) mass is 361 g/mol. The number of amides is 1. The van der Waals surface area contributed by atoms with Gasteiger partial charge in [0.25, 0.3) is 11.5 Å². The standard InChI is InChI=1S/C18H23N3O3S/c1-3-13-11-25-15(20-13)9-19-17(22)16-12(2)6-7-21(18(16)23)10-14-5-4-8-24-14/h6-7,11,14H,3-5,8-10H2,1-2H3,(H,19,22). The Bertz CT molecular complexity index is 806. The summed E-state index contributed by atoms with van der Waals surface area (Å²) in [6, 6.07) is 1.81. The van der Waals surface area contributed by atoms with Crippen LogP contribution < -0.4 is 10.9 Å². The van der Waals surface area contributed by atoms with E-state index in [1.54, 1.807) is 17.7 Å². The molecular weight excluding hydrogens is 338 g/mol. The molecule has 2 aromatic heterocycles. The average Bonchev–Trinajstić information content (AvgIpc) is 3.27. The second kappa shape index (κ2) is 7.93. The van der Waals surface area contributed by atoms with Crippen molar-refractivity contribution in [3.63, 3.8) is 0 Å². The van der Waals surface area contributed by atoms with Crippen molar-refractivity contribution < 1.29 is 9.53 Å². The first-order valence-electron chi connectivity index (χ1n) is 8.61. The Morgan fingerprint density at radius 2 is 2.36 bits per heavy atom. The number of aromatic nitrogens is 2. The summed E-state index contributed by atoms with van der Waals surface area (Å²) in [6.45, 7) is 5.40. The largest absolute Gasteiger partial charge is 0.376 e. The molecule has 0 aromatic carbocycles. The number of ether oxygens (including phenoxy) is 1. The Labute approximate surface area is 150 Å². The Morgan fingerprint density at radius 3 is 3.04 bits per heavy atom. The molecule has 2 aromatic rings. The van der Waals surface area contributed by atoms with Gasteiger partial charge in [0.15, 0.2) is 0 Å². The lowest BCUT2D eigenvalue weighted by Gasteiger charge is -2.14. The molecule has 3 heterocycles. The van der Waals surface area contributed by atoms with Crippen LogP contribution >= 0.6 is 11.3 Å². The van der Waals surface area contributed by atoms with Gasteiger partial charge < -0.3 is 14.6 Å². The van der Waals surface area contributed by atoms with E-state index in [2.05, 4.69) is 10.3 Å². The van der Waals surface area contributed by atoms with Gasteiger partial charge in [-0.25, -0.2) is 4.98 Å². The van der Waals surface area contributed by atoms with E-state index in [0.29, 0.717) is 18.7 Å². The zero-order valence-electron chi connectivity index (χ0n) is 14.6. The third-order valence-corrected chi connectivity index (χ3v) is 5.28. The van der Waals surface area contributed by atoms with E-state index in [4.69, 9.17) is 4.74 Å². The van der Waals surface area contributed by atoms with Gasteiger partial charge >= 0.3 is 0 Å². The molecule has 0 aliphatic carbocycles. The fourth-order valence-electron chi connectivity index (χ4n) is 2.93. The summed E-state index contributed by atoms with van der Waals surface area (Å²) in [5.74, 6) is -0.350. The van der Waals surface area contributed by atoms with Gasteiger partial charge in [-0.3, -0.25) is 9.59 Å². The molecule has 0 spiro atoms. The Hall–Kier alpha value is -1.99. The zero-order valence-corrected chi connectivity index (χ0v) is 15.4. The molecule has 7 heteroatoms. The number of carbonyl (C=O) groups is 1. The maximum Gasteiger partial charge on any atom is 0.263 e. The van der Waals surface area contributed by atoms with Crippen molar-refractivity contribution in [2.75, 3.05) is 6.61 Å². The lowest BCUT2D eigenvalue weighted by molar-refractivity contribution is 0.0928. The minimum atomic E-state index is -0.350. The highest BCUT2D eigenvalue weighted by molar-refractivity contribution is 7.09. The summed E-state index contributed by atoms with van der Waals surface area (Å²) >= 11 is 1.52. The van der Waals surface area contributed by atoms with Gasteiger partial charge in [0.2, 0.25) is 0 Å². The molecule has 0 bridgehead atoms. The molecule has 0 saturated carbocycles. The van der Waals surface area contributed by atoms with Crippen LogP contribution in [0.5, 0.6) is 0 Å². The van der Waals surface area contributed by atoms with Gasteiger partial charge in [-0.1, -0.05) is 6.92 Å². The lowest BCUT2D eigenvalue weighted by Crippen LogP contribution is -2.35. The fraction of sp³-hybridized carbons (Fsp3) is 0.500. The highest BCUT2D eigenvalue weighted by Crippen LogP contribution is 2.14. The number of pyridine rings is 1. The molecule has 1 unspecified atom stereocenters. The number of thiazole rings is 1. The number of nitrogens with one attached hydrogen (secondary N) is 1. The third-order valence-electron chi connectivity index (χ3n) is 4.39. The summed E-state index contributed by atoms with van der Waals surface area (Å²) in [7, 11) is 0. The molecule has 6 nitrogen and oxygen atoms in total. The van der Waals surface area contributed by atoms with E-state index in [0.717, 1.165) is 36.6 Å². The van der Waals surface area contributed by atoms with Crippen molar-refractivity contribution in [2.45, 2.75) is 52.3 Å². The summed E-state index contributed by atoms with van der Waals surface area (Å²) in [5, 5.41) is 5.66. The van der Waals surface area contributed by atoms with Crippen molar-refractivity contribution in [1.82, 2.24) is 14.9 Å². The smallest absolute Gasteiger partial charge is 0.263 e. The topological polar surface area (TPSA) is 73.2 Å². The molecule has 1 aliphatic heterocycles.